The smallest absolute Gasteiger partial charge is 0.188 e. The summed E-state index contributed by atoms with van der Waals surface area (Å²) >= 11 is 0. The average molecular weight is 272 g/mol. The Morgan fingerprint density at radius 2 is 2.10 bits per heavy atom. The second-order valence-electron chi connectivity index (χ2n) is 4.33. The molecule has 0 radical (unpaired) electrons. The molecule has 1 aromatic heterocycles. The highest BCUT2D eigenvalue weighted by atomic mass is 19.1. The van der Waals surface area contributed by atoms with Crippen molar-refractivity contribution < 1.29 is 13.9 Å². The van der Waals surface area contributed by atoms with Gasteiger partial charge in [-0.05, 0) is 23.8 Å². The minimum Gasteiger partial charge on any atom is -0.467 e. The fraction of sp³-hybridized carbons (Fsp3) is 0.133. The Labute approximate surface area is 115 Å². The minimum atomic E-state index is -0.340. The lowest BCUT2D eigenvalue weighted by molar-refractivity contribution is 0.0509. The van der Waals surface area contributed by atoms with E-state index in [1.54, 1.807) is 18.3 Å². The van der Waals surface area contributed by atoms with Crippen LogP contribution in [0.2, 0.25) is 0 Å². The number of fused-ring (bicyclic) bond motifs is 1. The first-order chi connectivity index (χ1) is 9.79. The van der Waals surface area contributed by atoms with Crippen LogP contribution in [0.1, 0.15) is 0 Å². The zero-order chi connectivity index (χ0) is 13.9. The van der Waals surface area contributed by atoms with Crippen LogP contribution in [0.5, 0.6) is 5.75 Å². The summed E-state index contributed by atoms with van der Waals surface area (Å²) in [5.74, 6) is 0.0970. The number of nitrogens with one attached hydrogen (secondary N) is 1. The van der Waals surface area contributed by atoms with Crippen molar-refractivity contribution >= 4 is 10.9 Å². The summed E-state index contributed by atoms with van der Waals surface area (Å²) in [6, 6.07) is 10.4. The number of hydrogen-bond donors (Lipinski definition) is 1. The van der Waals surface area contributed by atoms with Crippen molar-refractivity contribution in [2.75, 3.05) is 13.9 Å². The Hall–Kier alpha value is -2.40. The van der Waals surface area contributed by atoms with Crippen LogP contribution in [-0.2, 0) is 4.74 Å². The SMILES string of the molecule is COCOc1ccc(-c2cccc3[nH]ncc23)c(F)c1. The van der Waals surface area contributed by atoms with Crippen LogP contribution >= 0.6 is 0 Å². The van der Waals surface area contributed by atoms with Gasteiger partial charge in [-0.2, -0.15) is 5.10 Å². The van der Waals surface area contributed by atoms with E-state index in [9.17, 15) is 4.39 Å². The van der Waals surface area contributed by atoms with Crippen LogP contribution in [0.15, 0.2) is 42.6 Å². The van der Waals surface area contributed by atoms with Gasteiger partial charge in [0.2, 0.25) is 0 Å². The van der Waals surface area contributed by atoms with Crippen LogP contribution in [0.25, 0.3) is 22.0 Å². The van der Waals surface area contributed by atoms with Gasteiger partial charge in [-0.1, -0.05) is 12.1 Å². The predicted molar refractivity (Wildman–Crippen MR) is 74.0 cm³/mol. The molecule has 20 heavy (non-hydrogen) atoms. The Morgan fingerprint density at radius 3 is 2.90 bits per heavy atom. The topological polar surface area (TPSA) is 47.1 Å². The van der Waals surface area contributed by atoms with Gasteiger partial charge in [-0.15, -0.1) is 0 Å². The summed E-state index contributed by atoms with van der Waals surface area (Å²) < 4.78 is 24.3. The molecule has 0 amide bonds. The van der Waals surface area contributed by atoms with Crippen LogP contribution in [0, 0.1) is 5.82 Å². The molecular weight excluding hydrogens is 259 g/mol. The summed E-state index contributed by atoms with van der Waals surface area (Å²) in [5.41, 5.74) is 2.19. The summed E-state index contributed by atoms with van der Waals surface area (Å²) in [6.45, 7) is 0.0934. The van der Waals surface area contributed by atoms with E-state index in [-0.39, 0.29) is 12.6 Å². The Bertz CT molecular complexity index is 740. The predicted octanol–water partition coefficient (Wildman–Crippen LogP) is 3.35. The molecule has 0 saturated heterocycles. The van der Waals surface area contributed by atoms with Crippen LogP contribution in [0.4, 0.5) is 4.39 Å². The molecule has 0 aliphatic heterocycles. The molecule has 0 unspecified atom stereocenters. The molecule has 0 bridgehead atoms. The quantitative estimate of drug-likeness (QED) is 0.741. The molecule has 1 N–H and O–H groups in total. The van der Waals surface area contributed by atoms with E-state index in [1.165, 1.54) is 13.2 Å². The molecule has 0 aliphatic carbocycles. The van der Waals surface area contributed by atoms with Gasteiger partial charge in [0.05, 0.1) is 11.7 Å². The highest BCUT2D eigenvalue weighted by Gasteiger charge is 2.10. The zero-order valence-corrected chi connectivity index (χ0v) is 10.9. The summed E-state index contributed by atoms with van der Waals surface area (Å²) in [5, 5.41) is 7.75. The summed E-state index contributed by atoms with van der Waals surface area (Å²) in [4.78, 5) is 0. The number of rotatable bonds is 4. The van der Waals surface area contributed by atoms with Gasteiger partial charge in [-0.3, -0.25) is 5.10 Å². The molecule has 102 valence electrons. The normalized spacial score (nSPS) is 10.9. The average Bonchev–Trinajstić information content (AvgIpc) is 2.94. The van der Waals surface area contributed by atoms with Gasteiger partial charge in [0.15, 0.2) is 6.79 Å². The lowest BCUT2D eigenvalue weighted by atomic mass is 10.0. The lowest BCUT2D eigenvalue weighted by Crippen LogP contribution is -1.99. The molecule has 0 spiro atoms. The molecule has 0 atom stereocenters. The molecule has 5 heteroatoms. The molecule has 2 aromatic carbocycles. The van der Waals surface area contributed by atoms with E-state index in [1.807, 2.05) is 18.2 Å². The summed E-state index contributed by atoms with van der Waals surface area (Å²) in [6.07, 6.45) is 1.69. The number of ether oxygens (including phenoxy) is 2. The first-order valence-corrected chi connectivity index (χ1v) is 6.13. The third-order valence-corrected chi connectivity index (χ3v) is 3.06. The van der Waals surface area contributed by atoms with Gasteiger partial charge < -0.3 is 9.47 Å². The van der Waals surface area contributed by atoms with Crippen LogP contribution in [0.3, 0.4) is 0 Å². The third kappa shape index (κ3) is 2.23. The largest absolute Gasteiger partial charge is 0.467 e. The maximum Gasteiger partial charge on any atom is 0.188 e. The number of hydrogen-bond acceptors (Lipinski definition) is 3. The summed E-state index contributed by atoms with van der Waals surface area (Å²) in [7, 11) is 1.52. The monoisotopic (exact) mass is 272 g/mol. The maximum absolute atomic E-state index is 14.2. The molecule has 3 aromatic rings. The van der Waals surface area contributed by atoms with Crippen molar-refractivity contribution in [3.05, 3.63) is 48.4 Å². The van der Waals surface area contributed by atoms with Crippen molar-refractivity contribution in [2.45, 2.75) is 0 Å². The lowest BCUT2D eigenvalue weighted by Gasteiger charge is -2.08. The second-order valence-corrected chi connectivity index (χ2v) is 4.33. The molecule has 4 nitrogen and oxygen atoms in total. The van der Waals surface area contributed by atoms with E-state index in [0.29, 0.717) is 11.3 Å². The number of methoxy groups -OCH3 is 1. The van der Waals surface area contributed by atoms with Crippen molar-refractivity contribution in [1.82, 2.24) is 10.2 Å². The van der Waals surface area contributed by atoms with Crippen LogP contribution < -0.4 is 4.74 Å². The standard InChI is InChI=1S/C15H13FN2O2/c1-19-9-20-10-5-6-12(14(16)7-10)11-3-2-4-15-13(11)8-17-18-15/h2-8H,9H2,1H3,(H,17,18). The van der Waals surface area contributed by atoms with Crippen molar-refractivity contribution in [1.29, 1.82) is 0 Å². The van der Waals surface area contributed by atoms with Gasteiger partial charge in [0.25, 0.3) is 0 Å². The first-order valence-electron chi connectivity index (χ1n) is 6.13. The van der Waals surface area contributed by atoms with E-state index in [0.717, 1.165) is 16.5 Å². The number of benzene rings is 2. The van der Waals surface area contributed by atoms with Crippen LogP contribution in [-0.4, -0.2) is 24.1 Å². The Morgan fingerprint density at radius 1 is 1.20 bits per heavy atom. The highest BCUT2D eigenvalue weighted by molar-refractivity contribution is 5.94. The zero-order valence-electron chi connectivity index (χ0n) is 10.9. The first kappa shape index (κ1) is 12.6. The number of halogens is 1. The van der Waals surface area contributed by atoms with Gasteiger partial charge >= 0.3 is 0 Å². The fourth-order valence-corrected chi connectivity index (χ4v) is 2.13. The van der Waals surface area contributed by atoms with Gasteiger partial charge in [-0.25, -0.2) is 4.39 Å². The maximum atomic E-state index is 14.2. The van der Waals surface area contributed by atoms with E-state index in [4.69, 9.17) is 9.47 Å². The molecule has 0 fully saturated rings. The Balaban J connectivity index is 2.04. The number of H-pyrrole nitrogens is 1. The minimum absolute atomic E-state index is 0.0934. The van der Waals surface area contributed by atoms with E-state index < -0.39 is 0 Å². The molecule has 1 heterocycles. The van der Waals surface area contributed by atoms with Gasteiger partial charge in [0, 0.05) is 24.1 Å². The van der Waals surface area contributed by atoms with Crippen molar-refractivity contribution in [3.63, 3.8) is 0 Å². The van der Waals surface area contributed by atoms with Crippen molar-refractivity contribution in [2.24, 2.45) is 0 Å². The highest BCUT2D eigenvalue weighted by Crippen LogP contribution is 2.31. The van der Waals surface area contributed by atoms with E-state index in [2.05, 4.69) is 10.2 Å². The second kappa shape index (κ2) is 5.30. The number of aromatic amines is 1. The molecule has 0 saturated carbocycles. The number of aromatic nitrogens is 2. The van der Waals surface area contributed by atoms with E-state index >= 15 is 0 Å². The van der Waals surface area contributed by atoms with Gasteiger partial charge in [0.1, 0.15) is 11.6 Å². The Kier molecular flexibility index (Phi) is 3.35. The fourth-order valence-electron chi connectivity index (χ4n) is 2.13. The third-order valence-electron chi connectivity index (χ3n) is 3.06. The molecule has 0 aliphatic rings. The molecule has 3 rings (SSSR count). The van der Waals surface area contributed by atoms with Crippen molar-refractivity contribution in [3.8, 4) is 16.9 Å². The number of nitrogens with zero attached hydrogens (tertiary/aromatic N) is 1. The molecular formula is C15H13FN2O2.